The van der Waals surface area contributed by atoms with E-state index in [0.29, 0.717) is 36.8 Å². The number of aryl methyl sites for hydroxylation is 1. The van der Waals surface area contributed by atoms with E-state index in [2.05, 4.69) is 5.32 Å². The molecule has 6 nitrogen and oxygen atoms in total. The summed E-state index contributed by atoms with van der Waals surface area (Å²) in [5.74, 6) is 0.722. The van der Waals surface area contributed by atoms with Crippen LogP contribution in [0.2, 0.25) is 5.02 Å². The molecule has 0 aliphatic heterocycles. The highest BCUT2D eigenvalue weighted by Crippen LogP contribution is 2.29. The average molecular weight is 420 g/mol. The predicted molar refractivity (Wildman–Crippen MR) is 113 cm³/mol. The SMILES string of the molecule is CCOC(=O)c1ccc(NC(=O)CCc2ccc(OCC)c(OCC)c2)cc1Cl. The number of hydrogen-bond donors (Lipinski definition) is 1. The van der Waals surface area contributed by atoms with E-state index in [1.807, 2.05) is 32.0 Å². The summed E-state index contributed by atoms with van der Waals surface area (Å²) in [6, 6.07) is 10.4. The van der Waals surface area contributed by atoms with Gasteiger partial charge < -0.3 is 19.5 Å². The fourth-order valence-corrected chi connectivity index (χ4v) is 2.96. The summed E-state index contributed by atoms with van der Waals surface area (Å²) < 4.78 is 16.1. The van der Waals surface area contributed by atoms with Crippen LogP contribution < -0.4 is 14.8 Å². The van der Waals surface area contributed by atoms with E-state index in [1.54, 1.807) is 13.0 Å². The van der Waals surface area contributed by atoms with Gasteiger partial charge in [0.05, 0.1) is 30.4 Å². The van der Waals surface area contributed by atoms with Crippen LogP contribution in [0.15, 0.2) is 36.4 Å². The Morgan fingerprint density at radius 1 is 0.931 bits per heavy atom. The van der Waals surface area contributed by atoms with Crippen molar-refractivity contribution < 1.29 is 23.8 Å². The molecule has 0 saturated heterocycles. The first-order valence-corrected chi connectivity index (χ1v) is 10.0. The van der Waals surface area contributed by atoms with Crippen molar-refractivity contribution in [1.29, 1.82) is 0 Å². The van der Waals surface area contributed by atoms with Crippen LogP contribution in [0, 0.1) is 0 Å². The number of amides is 1. The second kappa shape index (κ2) is 11.3. The van der Waals surface area contributed by atoms with Gasteiger partial charge in [-0.15, -0.1) is 0 Å². The van der Waals surface area contributed by atoms with Gasteiger partial charge in [0, 0.05) is 12.1 Å². The lowest BCUT2D eigenvalue weighted by atomic mass is 10.1. The summed E-state index contributed by atoms with van der Waals surface area (Å²) in [5, 5.41) is 3.02. The fourth-order valence-electron chi connectivity index (χ4n) is 2.70. The minimum Gasteiger partial charge on any atom is -0.490 e. The molecule has 0 atom stereocenters. The molecule has 0 aromatic heterocycles. The molecule has 0 saturated carbocycles. The van der Waals surface area contributed by atoms with E-state index in [-0.39, 0.29) is 29.5 Å². The minimum atomic E-state index is -0.490. The number of benzene rings is 2. The number of anilines is 1. The molecule has 2 aromatic rings. The topological polar surface area (TPSA) is 73.9 Å². The van der Waals surface area contributed by atoms with Crippen molar-refractivity contribution in [2.24, 2.45) is 0 Å². The van der Waals surface area contributed by atoms with Crippen LogP contribution in [0.5, 0.6) is 11.5 Å². The number of hydrogen-bond acceptors (Lipinski definition) is 5. The third-order valence-electron chi connectivity index (χ3n) is 4.00. The Morgan fingerprint density at radius 2 is 1.66 bits per heavy atom. The molecule has 29 heavy (non-hydrogen) atoms. The zero-order valence-electron chi connectivity index (χ0n) is 16.9. The Labute approximate surface area is 176 Å². The van der Waals surface area contributed by atoms with Gasteiger partial charge in [-0.05, 0) is 63.1 Å². The van der Waals surface area contributed by atoms with Crippen molar-refractivity contribution in [3.63, 3.8) is 0 Å². The standard InChI is InChI=1S/C22H26ClNO5/c1-4-27-19-11-7-15(13-20(19)28-5-2)8-12-21(25)24-16-9-10-17(18(23)14-16)22(26)29-6-3/h7,9-11,13-14H,4-6,8,12H2,1-3H3,(H,24,25). The number of rotatable bonds is 10. The quantitative estimate of drug-likeness (QED) is 0.555. The highest BCUT2D eigenvalue weighted by atomic mass is 35.5. The molecule has 0 spiro atoms. The molecule has 0 aliphatic carbocycles. The summed E-state index contributed by atoms with van der Waals surface area (Å²) in [4.78, 5) is 24.1. The van der Waals surface area contributed by atoms with Crippen molar-refractivity contribution in [3.8, 4) is 11.5 Å². The Morgan fingerprint density at radius 3 is 2.31 bits per heavy atom. The number of halogens is 1. The van der Waals surface area contributed by atoms with Crippen LogP contribution in [0.25, 0.3) is 0 Å². The van der Waals surface area contributed by atoms with Crippen molar-refractivity contribution >= 4 is 29.2 Å². The fraction of sp³-hybridized carbons (Fsp3) is 0.364. The molecule has 1 amide bonds. The maximum atomic E-state index is 12.3. The van der Waals surface area contributed by atoms with Crippen LogP contribution in [-0.2, 0) is 16.0 Å². The molecule has 0 bridgehead atoms. The van der Waals surface area contributed by atoms with Gasteiger partial charge in [0.25, 0.3) is 0 Å². The summed E-state index contributed by atoms with van der Waals surface area (Å²) in [7, 11) is 0. The van der Waals surface area contributed by atoms with Crippen molar-refractivity contribution in [3.05, 3.63) is 52.5 Å². The van der Waals surface area contributed by atoms with Crippen LogP contribution in [-0.4, -0.2) is 31.7 Å². The van der Waals surface area contributed by atoms with Gasteiger partial charge in [0.1, 0.15) is 0 Å². The first-order valence-electron chi connectivity index (χ1n) is 9.63. The third kappa shape index (κ3) is 6.68. The summed E-state index contributed by atoms with van der Waals surface area (Å²) in [5.41, 5.74) is 1.77. The van der Waals surface area contributed by atoms with Gasteiger partial charge in [-0.1, -0.05) is 17.7 Å². The zero-order valence-corrected chi connectivity index (χ0v) is 17.7. The van der Waals surface area contributed by atoms with E-state index in [4.69, 9.17) is 25.8 Å². The van der Waals surface area contributed by atoms with Crippen LogP contribution in [0.3, 0.4) is 0 Å². The molecular weight excluding hydrogens is 394 g/mol. The molecule has 0 fully saturated rings. The van der Waals surface area contributed by atoms with Gasteiger partial charge in [-0.3, -0.25) is 4.79 Å². The van der Waals surface area contributed by atoms with E-state index < -0.39 is 5.97 Å². The number of carbonyl (C=O) groups excluding carboxylic acids is 2. The third-order valence-corrected chi connectivity index (χ3v) is 4.31. The lowest BCUT2D eigenvalue weighted by molar-refractivity contribution is -0.116. The molecule has 2 aromatic carbocycles. The first kappa shape index (κ1) is 22.6. The summed E-state index contributed by atoms with van der Waals surface area (Å²) >= 11 is 6.13. The molecule has 7 heteroatoms. The second-order valence-electron chi connectivity index (χ2n) is 6.11. The highest BCUT2D eigenvalue weighted by molar-refractivity contribution is 6.34. The van der Waals surface area contributed by atoms with E-state index in [1.165, 1.54) is 12.1 Å². The maximum Gasteiger partial charge on any atom is 0.339 e. The first-order chi connectivity index (χ1) is 14.0. The van der Waals surface area contributed by atoms with Gasteiger partial charge in [-0.25, -0.2) is 4.79 Å². The normalized spacial score (nSPS) is 10.3. The van der Waals surface area contributed by atoms with Crippen molar-refractivity contribution in [2.45, 2.75) is 33.6 Å². The van der Waals surface area contributed by atoms with Gasteiger partial charge >= 0.3 is 5.97 Å². The minimum absolute atomic E-state index is 0.156. The van der Waals surface area contributed by atoms with E-state index >= 15 is 0 Å². The lowest BCUT2D eigenvalue weighted by Gasteiger charge is -2.12. The Kier molecular flexibility index (Phi) is 8.80. The molecule has 1 N–H and O–H groups in total. The molecular formula is C22H26ClNO5. The monoisotopic (exact) mass is 419 g/mol. The number of nitrogens with one attached hydrogen (secondary N) is 1. The number of esters is 1. The van der Waals surface area contributed by atoms with Gasteiger partial charge in [-0.2, -0.15) is 0 Å². The molecule has 0 unspecified atom stereocenters. The van der Waals surface area contributed by atoms with Crippen LogP contribution in [0.1, 0.15) is 43.1 Å². The predicted octanol–water partition coefficient (Wildman–Crippen LogP) is 4.89. The zero-order chi connectivity index (χ0) is 21.2. The lowest BCUT2D eigenvalue weighted by Crippen LogP contribution is -2.13. The van der Waals surface area contributed by atoms with E-state index in [0.717, 1.165) is 5.56 Å². The number of carbonyl (C=O) groups is 2. The van der Waals surface area contributed by atoms with Gasteiger partial charge in [0.15, 0.2) is 11.5 Å². The molecule has 0 aliphatic rings. The highest BCUT2D eigenvalue weighted by Gasteiger charge is 2.13. The van der Waals surface area contributed by atoms with Gasteiger partial charge in [0.2, 0.25) is 5.91 Å². The molecule has 0 radical (unpaired) electrons. The van der Waals surface area contributed by atoms with Crippen molar-refractivity contribution in [2.75, 3.05) is 25.1 Å². The maximum absolute atomic E-state index is 12.3. The summed E-state index contributed by atoms with van der Waals surface area (Å²) in [6.45, 7) is 6.91. The Balaban J connectivity index is 1.97. The van der Waals surface area contributed by atoms with Crippen molar-refractivity contribution in [1.82, 2.24) is 0 Å². The van der Waals surface area contributed by atoms with E-state index in [9.17, 15) is 9.59 Å². The molecule has 156 valence electrons. The average Bonchev–Trinajstić information content (AvgIpc) is 2.68. The van der Waals surface area contributed by atoms with Crippen LogP contribution >= 0.6 is 11.6 Å². The smallest absolute Gasteiger partial charge is 0.339 e. The Bertz CT molecular complexity index is 853. The largest absolute Gasteiger partial charge is 0.490 e. The molecule has 2 rings (SSSR count). The Hall–Kier alpha value is -2.73. The summed E-state index contributed by atoms with van der Waals surface area (Å²) in [6.07, 6.45) is 0.837. The van der Waals surface area contributed by atoms with Crippen LogP contribution in [0.4, 0.5) is 5.69 Å². The molecule has 0 heterocycles. The second-order valence-corrected chi connectivity index (χ2v) is 6.52. The number of ether oxygens (including phenoxy) is 3.